The summed E-state index contributed by atoms with van der Waals surface area (Å²) in [5, 5.41) is 19.8. The Bertz CT molecular complexity index is 1140. The average Bonchev–Trinajstić information content (AvgIpc) is 3.28. The lowest BCUT2D eigenvalue weighted by Gasteiger charge is -2.29. The predicted octanol–water partition coefficient (Wildman–Crippen LogP) is 4.59. The van der Waals surface area contributed by atoms with Gasteiger partial charge in [-0.25, -0.2) is 9.38 Å². The third-order valence-electron chi connectivity index (χ3n) is 6.59. The standard InChI is InChI=1S/C26H30FN5O2/c1-17-14-20(3-4-22(17)28-9-6-18-7-12-34-13-8-18)31-25-26-30-16-23(32(26)11-10-29-25)19-2-5-24(33)21(27)15-19/h2-5,10-11,14-16,18,26,28,30,33H,6-9,12-13H2,1H3,(H,29,31). The van der Waals surface area contributed by atoms with E-state index >= 15 is 0 Å². The lowest BCUT2D eigenvalue weighted by atomic mass is 9.96. The van der Waals surface area contributed by atoms with Crippen molar-refractivity contribution in [2.45, 2.75) is 32.4 Å². The average molecular weight is 464 g/mol. The van der Waals surface area contributed by atoms with Crippen molar-refractivity contribution in [1.29, 1.82) is 0 Å². The van der Waals surface area contributed by atoms with Gasteiger partial charge < -0.3 is 30.7 Å². The third kappa shape index (κ3) is 4.72. The zero-order chi connectivity index (χ0) is 23.5. The van der Waals surface area contributed by atoms with Gasteiger partial charge in [-0.3, -0.25) is 0 Å². The van der Waals surface area contributed by atoms with Crippen LogP contribution in [0, 0.1) is 18.7 Å². The molecule has 3 aliphatic heterocycles. The molecule has 3 aliphatic rings. The number of benzene rings is 2. The van der Waals surface area contributed by atoms with E-state index in [0.717, 1.165) is 67.8 Å². The molecule has 4 N–H and O–H groups in total. The zero-order valence-corrected chi connectivity index (χ0v) is 19.2. The molecule has 8 heteroatoms. The minimum atomic E-state index is -0.646. The summed E-state index contributed by atoms with van der Waals surface area (Å²) in [6, 6.07) is 10.6. The van der Waals surface area contributed by atoms with Crippen LogP contribution in [0.25, 0.3) is 5.70 Å². The first-order chi connectivity index (χ1) is 16.6. The van der Waals surface area contributed by atoms with Crippen molar-refractivity contribution in [3.8, 4) is 5.75 Å². The number of aromatic hydroxyl groups is 1. The summed E-state index contributed by atoms with van der Waals surface area (Å²) in [5.74, 6) is 0.486. The molecule has 5 rings (SSSR count). The van der Waals surface area contributed by atoms with Gasteiger partial charge in [0.15, 0.2) is 17.7 Å². The van der Waals surface area contributed by atoms with Crippen LogP contribution >= 0.6 is 0 Å². The van der Waals surface area contributed by atoms with Crippen molar-refractivity contribution < 1.29 is 14.2 Å². The van der Waals surface area contributed by atoms with Crippen molar-refractivity contribution in [2.75, 3.05) is 30.4 Å². The van der Waals surface area contributed by atoms with Crippen LogP contribution in [-0.2, 0) is 4.74 Å². The Morgan fingerprint density at radius 3 is 2.85 bits per heavy atom. The molecule has 3 heterocycles. The minimum Gasteiger partial charge on any atom is -0.505 e. The molecule has 0 aromatic heterocycles. The van der Waals surface area contributed by atoms with Gasteiger partial charge >= 0.3 is 0 Å². The maximum atomic E-state index is 13.9. The summed E-state index contributed by atoms with van der Waals surface area (Å²) < 4.78 is 19.3. The van der Waals surface area contributed by atoms with Crippen LogP contribution < -0.4 is 16.0 Å². The topological polar surface area (TPSA) is 81.2 Å². The van der Waals surface area contributed by atoms with Crippen molar-refractivity contribution in [3.05, 3.63) is 71.9 Å². The van der Waals surface area contributed by atoms with Gasteiger partial charge in [-0.15, -0.1) is 0 Å². The Labute approximate surface area is 199 Å². The number of halogens is 1. The molecule has 1 saturated heterocycles. The van der Waals surface area contributed by atoms with E-state index in [2.05, 4.69) is 40.0 Å². The normalized spacial score (nSPS) is 19.8. The monoisotopic (exact) mass is 463 g/mol. The Kier molecular flexibility index (Phi) is 6.40. The summed E-state index contributed by atoms with van der Waals surface area (Å²) in [5.41, 5.74) is 4.73. The SMILES string of the molecule is Cc1cc(NC2=NC=CN3C(c4ccc(O)c(F)c4)=CNC23)ccc1NCCC1CCOCC1. The Balaban J connectivity index is 1.21. The molecule has 1 fully saturated rings. The molecule has 0 aliphatic carbocycles. The second-order valence-corrected chi connectivity index (χ2v) is 8.91. The van der Waals surface area contributed by atoms with Crippen LogP contribution in [0.5, 0.6) is 5.75 Å². The highest BCUT2D eigenvalue weighted by Gasteiger charge is 2.31. The molecule has 0 amide bonds. The van der Waals surface area contributed by atoms with E-state index in [1.807, 2.05) is 23.4 Å². The van der Waals surface area contributed by atoms with Crippen molar-refractivity contribution >= 4 is 22.9 Å². The molecule has 0 radical (unpaired) electrons. The van der Waals surface area contributed by atoms with Crippen LogP contribution in [-0.4, -0.2) is 41.8 Å². The fourth-order valence-corrected chi connectivity index (χ4v) is 4.62. The fourth-order valence-electron chi connectivity index (χ4n) is 4.62. The molecule has 0 spiro atoms. The molecule has 0 saturated carbocycles. The Morgan fingerprint density at radius 1 is 1.21 bits per heavy atom. The van der Waals surface area contributed by atoms with E-state index in [0.29, 0.717) is 5.56 Å². The van der Waals surface area contributed by atoms with Gasteiger partial charge in [0, 0.05) is 55.3 Å². The van der Waals surface area contributed by atoms with Crippen molar-refractivity contribution in [3.63, 3.8) is 0 Å². The molecule has 2 aromatic rings. The lowest BCUT2D eigenvalue weighted by molar-refractivity contribution is 0.0649. The summed E-state index contributed by atoms with van der Waals surface area (Å²) in [4.78, 5) is 6.51. The number of hydrogen-bond acceptors (Lipinski definition) is 7. The molecule has 0 bridgehead atoms. The number of ether oxygens (including phenoxy) is 1. The zero-order valence-electron chi connectivity index (χ0n) is 19.2. The highest BCUT2D eigenvalue weighted by atomic mass is 19.1. The number of nitrogens with one attached hydrogen (secondary N) is 3. The van der Waals surface area contributed by atoms with Crippen LogP contribution in [0.4, 0.5) is 15.8 Å². The number of fused-ring (bicyclic) bond motifs is 1. The summed E-state index contributed by atoms with van der Waals surface area (Å²) >= 11 is 0. The number of phenolic OH excluding ortho intramolecular Hbond substituents is 1. The number of anilines is 2. The van der Waals surface area contributed by atoms with Crippen LogP contribution in [0.15, 0.2) is 60.0 Å². The molecule has 2 aromatic carbocycles. The quantitative estimate of drug-likeness (QED) is 0.502. The first kappa shape index (κ1) is 22.3. The van der Waals surface area contributed by atoms with E-state index in [-0.39, 0.29) is 11.9 Å². The van der Waals surface area contributed by atoms with E-state index in [1.54, 1.807) is 12.3 Å². The second kappa shape index (κ2) is 9.77. The number of phenols is 1. The first-order valence-corrected chi connectivity index (χ1v) is 11.8. The molecule has 1 atom stereocenters. The van der Waals surface area contributed by atoms with Gasteiger partial charge in [0.05, 0.1) is 5.70 Å². The first-order valence-electron chi connectivity index (χ1n) is 11.8. The molecular formula is C26H30FN5O2. The third-order valence-corrected chi connectivity index (χ3v) is 6.59. The number of amidine groups is 1. The lowest BCUT2D eigenvalue weighted by Crippen LogP contribution is -2.45. The van der Waals surface area contributed by atoms with E-state index in [9.17, 15) is 9.50 Å². The van der Waals surface area contributed by atoms with Gasteiger partial charge in [0.2, 0.25) is 0 Å². The predicted molar refractivity (Wildman–Crippen MR) is 133 cm³/mol. The van der Waals surface area contributed by atoms with Crippen LogP contribution in [0.2, 0.25) is 0 Å². The fraction of sp³-hybridized carbons (Fsp3) is 0.346. The Morgan fingerprint density at radius 2 is 2.06 bits per heavy atom. The van der Waals surface area contributed by atoms with Crippen LogP contribution in [0.3, 0.4) is 0 Å². The molecule has 1 unspecified atom stereocenters. The smallest absolute Gasteiger partial charge is 0.165 e. The number of rotatable bonds is 6. The Hall–Kier alpha value is -3.52. The molecule has 34 heavy (non-hydrogen) atoms. The summed E-state index contributed by atoms with van der Waals surface area (Å²) in [6.07, 6.45) is 8.65. The second-order valence-electron chi connectivity index (χ2n) is 8.91. The number of nitrogens with zero attached hydrogens (tertiary/aromatic N) is 2. The van der Waals surface area contributed by atoms with Crippen molar-refractivity contribution in [2.24, 2.45) is 10.9 Å². The largest absolute Gasteiger partial charge is 0.505 e. The molecule has 178 valence electrons. The number of hydrogen-bond donors (Lipinski definition) is 4. The van der Waals surface area contributed by atoms with Gasteiger partial charge in [0.25, 0.3) is 0 Å². The van der Waals surface area contributed by atoms with E-state index in [1.165, 1.54) is 17.7 Å². The number of aliphatic imine (C=N–C) groups is 1. The van der Waals surface area contributed by atoms with Gasteiger partial charge in [-0.2, -0.15) is 0 Å². The highest BCUT2D eigenvalue weighted by molar-refractivity contribution is 6.02. The number of aryl methyl sites for hydroxylation is 1. The van der Waals surface area contributed by atoms with E-state index in [4.69, 9.17) is 4.74 Å². The van der Waals surface area contributed by atoms with Gasteiger partial charge in [-0.05, 0) is 74.1 Å². The summed E-state index contributed by atoms with van der Waals surface area (Å²) in [6.45, 7) is 4.84. The summed E-state index contributed by atoms with van der Waals surface area (Å²) in [7, 11) is 0. The van der Waals surface area contributed by atoms with Crippen LogP contribution in [0.1, 0.15) is 30.4 Å². The molecule has 7 nitrogen and oxygen atoms in total. The maximum Gasteiger partial charge on any atom is 0.165 e. The maximum absolute atomic E-state index is 13.9. The highest BCUT2D eigenvalue weighted by Crippen LogP contribution is 2.31. The molecular weight excluding hydrogens is 433 g/mol. The van der Waals surface area contributed by atoms with E-state index < -0.39 is 5.82 Å². The van der Waals surface area contributed by atoms with Gasteiger partial charge in [-0.1, -0.05) is 0 Å². The van der Waals surface area contributed by atoms with Crippen molar-refractivity contribution in [1.82, 2.24) is 10.2 Å². The minimum absolute atomic E-state index is 0.227. The van der Waals surface area contributed by atoms with Gasteiger partial charge in [0.1, 0.15) is 5.84 Å².